The van der Waals surface area contributed by atoms with E-state index in [9.17, 15) is 35.9 Å². The number of carbonyl (C=O) groups is 2. The smallest absolute Gasteiger partial charge is 0.277 e. The van der Waals surface area contributed by atoms with E-state index in [-0.39, 0.29) is 12.8 Å². The van der Waals surface area contributed by atoms with Crippen LogP contribution in [0.4, 0.5) is 26.3 Å². The molecule has 0 spiro atoms. The predicted octanol–water partition coefficient (Wildman–Crippen LogP) is 0.989. The lowest BCUT2D eigenvalue weighted by Crippen LogP contribution is -2.26. The SMILES string of the molecule is FC(F)(F)c1nccnc1C(F)(F)F.NN(C=O)C=O. The van der Waals surface area contributed by atoms with Gasteiger partial charge in [-0.05, 0) is 0 Å². The summed E-state index contributed by atoms with van der Waals surface area (Å²) in [4.78, 5) is 23.8. The second kappa shape index (κ2) is 6.79. The molecule has 0 aliphatic rings. The van der Waals surface area contributed by atoms with Crippen LogP contribution in [0.15, 0.2) is 12.4 Å². The van der Waals surface area contributed by atoms with E-state index in [1.54, 1.807) is 0 Å². The van der Waals surface area contributed by atoms with Crippen molar-refractivity contribution < 1.29 is 35.9 Å². The molecule has 0 radical (unpaired) electrons. The second-order valence-electron chi connectivity index (χ2n) is 2.91. The molecule has 1 heterocycles. The highest BCUT2D eigenvalue weighted by Gasteiger charge is 2.45. The van der Waals surface area contributed by atoms with Crippen LogP contribution in [0.5, 0.6) is 0 Å². The molecule has 0 aromatic carbocycles. The van der Waals surface area contributed by atoms with Gasteiger partial charge in [-0.25, -0.2) is 20.8 Å². The summed E-state index contributed by atoms with van der Waals surface area (Å²) in [5.74, 6) is 4.57. The average molecular weight is 304 g/mol. The van der Waals surface area contributed by atoms with E-state index in [1.165, 1.54) is 0 Å². The Balaban J connectivity index is 0.000000511. The number of hydrogen-bond donors (Lipinski definition) is 1. The molecule has 0 saturated carbocycles. The average Bonchev–Trinajstić information content (AvgIpc) is 2.36. The van der Waals surface area contributed by atoms with Crippen LogP contribution in [-0.2, 0) is 21.9 Å². The molecule has 2 N–H and O–H groups in total. The maximum Gasteiger partial charge on any atom is 0.435 e. The first-order chi connectivity index (χ1) is 9.04. The zero-order chi connectivity index (χ0) is 16.0. The fraction of sp³-hybridized carbons (Fsp3) is 0.250. The Bertz CT molecular complexity index is 420. The molecule has 0 bridgehead atoms. The summed E-state index contributed by atoms with van der Waals surface area (Å²) in [6.07, 6.45) is -8.77. The third-order valence-electron chi connectivity index (χ3n) is 1.48. The molecule has 1 rings (SSSR count). The van der Waals surface area contributed by atoms with Crippen molar-refractivity contribution in [1.29, 1.82) is 0 Å². The molecule has 20 heavy (non-hydrogen) atoms. The van der Waals surface area contributed by atoms with Gasteiger partial charge in [0.15, 0.2) is 11.4 Å². The molecule has 0 aliphatic heterocycles. The number of imide groups is 1. The Labute approximate surface area is 107 Å². The summed E-state index contributed by atoms with van der Waals surface area (Å²) in [5.41, 5.74) is -4.04. The standard InChI is InChI=1S/C6H2F6N2.C2H4N2O2/c7-5(8,9)3-4(6(10,11)12)14-2-1-13-3;3-4(1-5)2-6/h1-2H;1-2H,3H2. The van der Waals surface area contributed by atoms with Gasteiger partial charge in [-0.3, -0.25) is 9.59 Å². The Kier molecular flexibility index (Phi) is 6.03. The molecule has 6 nitrogen and oxygen atoms in total. The maximum absolute atomic E-state index is 12.0. The predicted molar refractivity (Wildman–Crippen MR) is 50.2 cm³/mol. The second-order valence-corrected chi connectivity index (χ2v) is 2.91. The van der Waals surface area contributed by atoms with E-state index in [2.05, 4.69) is 15.8 Å². The molecule has 0 unspecified atom stereocenters. The van der Waals surface area contributed by atoms with E-state index < -0.39 is 23.7 Å². The van der Waals surface area contributed by atoms with Crippen molar-refractivity contribution >= 4 is 12.8 Å². The molecular weight excluding hydrogens is 298 g/mol. The summed E-state index contributed by atoms with van der Waals surface area (Å²) >= 11 is 0. The Morgan fingerprint density at radius 1 is 0.900 bits per heavy atom. The molecule has 1 aromatic heterocycles. The first kappa shape index (κ1) is 17.8. The first-order valence-corrected chi connectivity index (χ1v) is 4.43. The molecule has 0 aliphatic carbocycles. The van der Waals surface area contributed by atoms with Crippen LogP contribution < -0.4 is 5.84 Å². The van der Waals surface area contributed by atoms with E-state index in [0.29, 0.717) is 17.4 Å². The quantitative estimate of drug-likeness (QED) is 0.289. The van der Waals surface area contributed by atoms with Crippen LogP contribution in [0.3, 0.4) is 0 Å². The lowest BCUT2D eigenvalue weighted by Gasteiger charge is -2.11. The van der Waals surface area contributed by atoms with Gasteiger partial charge < -0.3 is 0 Å². The Hall–Kier alpha value is -2.24. The van der Waals surface area contributed by atoms with Crippen LogP contribution in [0.1, 0.15) is 11.4 Å². The summed E-state index contributed by atoms with van der Waals surface area (Å²) in [7, 11) is 0. The minimum absolute atomic E-state index is 0.215. The minimum atomic E-state index is -5.15. The highest BCUT2D eigenvalue weighted by molar-refractivity contribution is 5.66. The lowest BCUT2D eigenvalue weighted by molar-refractivity contribution is -0.167. The molecule has 0 saturated heterocycles. The highest BCUT2D eigenvalue weighted by atomic mass is 19.4. The number of carbonyl (C=O) groups excluding carboxylic acids is 2. The van der Waals surface area contributed by atoms with Crippen LogP contribution in [0.25, 0.3) is 0 Å². The van der Waals surface area contributed by atoms with E-state index >= 15 is 0 Å². The summed E-state index contributed by atoms with van der Waals surface area (Å²) in [6.45, 7) is 0. The summed E-state index contributed by atoms with van der Waals surface area (Å²) < 4.78 is 71.9. The number of alkyl halides is 6. The number of aromatic nitrogens is 2. The van der Waals surface area contributed by atoms with E-state index in [4.69, 9.17) is 0 Å². The van der Waals surface area contributed by atoms with Crippen LogP contribution in [0, 0.1) is 0 Å². The largest absolute Gasteiger partial charge is 0.435 e. The van der Waals surface area contributed by atoms with Crippen LogP contribution in [0.2, 0.25) is 0 Å². The van der Waals surface area contributed by atoms with Gasteiger partial charge in [0.2, 0.25) is 12.8 Å². The number of nitrogens with zero attached hydrogens (tertiary/aromatic N) is 3. The fourth-order valence-electron chi connectivity index (χ4n) is 0.778. The van der Waals surface area contributed by atoms with Crippen LogP contribution >= 0.6 is 0 Å². The van der Waals surface area contributed by atoms with Gasteiger partial charge in [0, 0.05) is 12.4 Å². The molecular formula is C8H6F6N4O2. The van der Waals surface area contributed by atoms with Crippen molar-refractivity contribution in [3.05, 3.63) is 23.8 Å². The van der Waals surface area contributed by atoms with Crippen molar-refractivity contribution in [2.75, 3.05) is 0 Å². The highest BCUT2D eigenvalue weighted by Crippen LogP contribution is 2.37. The minimum Gasteiger partial charge on any atom is -0.277 e. The normalized spacial score (nSPS) is 11.2. The Morgan fingerprint density at radius 3 is 1.35 bits per heavy atom. The van der Waals surface area contributed by atoms with Crippen molar-refractivity contribution in [1.82, 2.24) is 15.0 Å². The molecule has 2 amide bonds. The van der Waals surface area contributed by atoms with Gasteiger partial charge in [-0.15, -0.1) is 0 Å². The first-order valence-electron chi connectivity index (χ1n) is 4.43. The fourth-order valence-corrected chi connectivity index (χ4v) is 0.778. The Morgan fingerprint density at radius 2 is 1.20 bits per heavy atom. The van der Waals surface area contributed by atoms with Gasteiger partial charge in [-0.2, -0.15) is 26.3 Å². The molecule has 1 aromatic rings. The molecule has 12 heteroatoms. The third kappa shape index (κ3) is 5.60. The number of rotatable bonds is 2. The van der Waals surface area contributed by atoms with E-state index in [0.717, 1.165) is 0 Å². The van der Waals surface area contributed by atoms with Gasteiger partial charge >= 0.3 is 12.4 Å². The number of amides is 2. The summed E-state index contributed by atoms with van der Waals surface area (Å²) in [6, 6.07) is 0. The molecule has 0 atom stereocenters. The zero-order valence-electron chi connectivity index (χ0n) is 9.31. The van der Waals surface area contributed by atoms with Crippen LogP contribution in [-0.4, -0.2) is 27.8 Å². The lowest BCUT2D eigenvalue weighted by atomic mass is 10.3. The molecule has 0 fully saturated rings. The number of hydrazine groups is 1. The zero-order valence-corrected chi connectivity index (χ0v) is 9.31. The van der Waals surface area contributed by atoms with Crippen molar-refractivity contribution in [3.8, 4) is 0 Å². The van der Waals surface area contributed by atoms with Crippen molar-refractivity contribution in [3.63, 3.8) is 0 Å². The van der Waals surface area contributed by atoms with Gasteiger partial charge in [0.25, 0.3) is 0 Å². The van der Waals surface area contributed by atoms with E-state index in [1.807, 2.05) is 0 Å². The van der Waals surface area contributed by atoms with Gasteiger partial charge in [0.05, 0.1) is 0 Å². The third-order valence-corrected chi connectivity index (χ3v) is 1.48. The van der Waals surface area contributed by atoms with Gasteiger partial charge in [-0.1, -0.05) is 0 Å². The van der Waals surface area contributed by atoms with Crippen molar-refractivity contribution in [2.24, 2.45) is 5.84 Å². The number of halogens is 6. The summed E-state index contributed by atoms with van der Waals surface area (Å²) in [5, 5.41) is 0.389. The number of nitrogens with two attached hydrogens (primary N) is 1. The van der Waals surface area contributed by atoms with Gasteiger partial charge in [0.1, 0.15) is 0 Å². The number of hydrogen-bond acceptors (Lipinski definition) is 5. The topological polar surface area (TPSA) is 89.2 Å². The maximum atomic E-state index is 12.0. The van der Waals surface area contributed by atoms with Crippen molar-refractivity contribution in [2.45, 2.75) is 12.4 Å². The molecule has 112 valence electrons. The monoisotopic (exact) mass is 304 g/mol.